The maximum atomic E-state index is 11.4. The van der Waals surface area contributed by atoms with Crippen LogP contribution in [0.25, 0.3) is 0 Å². The number of amides is 1. The van der Waals surface area contributed by atoms with Crippen LogP contribution < -0.4 is 0 Å². The maximum absolute atomic E-state index is 11.4. The average molecular weight is 275 g/mol. The Morgan fingerprint density at radius 3 is 2.50 bits per heavy atom. The van der Waals surface area contributed by atoms with E-state index in [9.17, 15) is 9.59 Å². The molecule has 0 atom stereocenters. The van der Waals surface area contributed by atoms with E-state index in [1.807, 2.05) is 18.2 Å². The molecule has 0 heterocycles. The summed E-state index contributed by atoms with van der Waals surface area (Å²) in [4.78, 5) is 23.7. The molecule has 0 N–H and O–H groups in total. The fourth-order valence-corrected chi connectivity index (χ4v) is 2.18. The lowest BCUT2D eigenvalue weighted by Gasteiger charge is -2.09. The summed E-state index contributed by atoms with van der Waals surface area (Å²) in [6.07, 6.45) is 8.18. The molecule has 0 saturated carbocycles. The molecule has 110 valence electrons. The second kappa shape index (κ2) is 9.29. The van der Waals surface area contributed by atoms with Crippen LogP contribution in [0, 0.1) is 0 Å². The number of aldehydes is 1. The maximum Gasteiger partial charge on any atom is 0.222 e. The summed E-state index contributed by atoms with van der Waals surface area (Å²) in [5, 5.41) is 0. The first-order chi connectivity index (χ1) is 9.63. The summed E-state index contributed by atoms with van der Waals surface area (Å²) in [5.41, 5.74) is 1.99. The van der Waals surface area contributed by atoms with Crippen molar-refractivity contribution in [2.24, 2.45) is 0 Å². The Labute approximate surface area is 122 Å². The van der Waals surface area contributed by atoms with Gasteiger partial charge in [0.15, 0.2) is 0 Å². The third kappa shape index (κ3) is 6.50. The van der Waals surface area contributed by atoms with E-state index >= 15 is 0 Å². The first kappa shape index (κ1) is 16.4. The summed E-state index contributed by atoms with van der Waals surface area (Å²) in [6.45, 7) is 0. The third-order valence-electron chi connectivity index (χ3n) is 3.44. The van der Waals surface area contributed by atoms with E-state index in [0.717, 1.165) is 37.5 Å². The number of hydrogen-bond donors (Lipinski definition) is 0. The average Bonchev–Trinajstić information content (AvgIpc) is 2.46. The van der Waals surface area contributed by atoms with Crippen molar-refractivity contribution >= 4 is 12.2 Å². The van der Waals surface area contributed by atoms with Crippen LogP contribution in [0.4, 0.5) is 0 Å². The van der Waals surface area contributed by atoms with Gasteiger partial charge in [-0.1, -0.05) is 37.5 Å². The predicted molar refractivity (Wildman–Crippen MR) is 81.9 cm³/mol. The van der Waals surface area contributed by atoms with Crippen LogP contribution in [-0.4, -0.2) is 31.2 Å². The smallest absolute Gasteiger partial charge is 0.222 e. The Balaban J connectivity index is 2.07. The third-order valence-corrected chi connectivity index (χ3v) is 3.44. The molecule has 20 heavy (non-hydrogen) atoms. The minimum atomic E-state index is 0.218. The van der Waals surface area contributed by atoms with Crippen LogP contribution in [-0.2, 0) is 11.2 Å². The van der Waals surface area contributed by atoms with Gasteiger partial charge in [0, 0.05) is 26.1 Å². The van der Waals surface area contributed by atoms with Crippen LogP contribution in [0.15, 0.2) is 24.3 Å². The Hall–Kier alpha value is -1.64. The minimum Gasteiger partial charge on any atom is -0.349 e. The number of carbonyl (C=O) groups is 2. The minimum absolute atomic E-state index is 0.218. The zero-order valence-corrected chi connectivity index (χ0v) is 12.6. The summed E-state index contributed by atoms with van der Waals surface area (Å²) in [5.74, 6) is 0.218. The van der Waals surface area contributed by atoms with Crippen LogP contribution >= 0.6 is 0 Å². The lowest BCUT2D eigenvalue weighted by Crippen LogP contribution is -2.20. The van der Waals surface area contributed by atoms with Gasteiger partial charge in [0.2, 0.25) is 5.91 Å². The standard InChI is InChI=1S/C17H25NO2/c1-18(2)17(20)12-7-5-3-4-6-9-15-10-8-11-16(13-15)14-19/h8,10-11,13-14H,3-7,9,12H2,1-2H3. The molecule has 0 saturated heterocycles. The molecular formula is C17H25NO2. The van der Waals surface area contributed by atoms with Crippen LogP contribution in [0.1, 0.15) is 54.4 Å². The second-order valence-electron chi connectivity index (χ2n) is 5.42. The van der Waals surface area contributed by atoms with Gasteiger partial charge in [0.05, 0.1) is 0 Å². The summed E-state index contributed by atoms with van der Waals surface area (Å²) < 4.78 is 0. The Kier molecular flexibility index (Phi) is 7.63. The largest absolute Gasteiger partial charge is 0.349 e. The van der Waals surface area contributed by atoms with Crippen molar-refractivity contribution in [1.82, 2.24) is 4.90 Å². The molecule has 0 aliphatic rings. The molecule has 0 bridgehead atoms. The molecule has 0 aliphatic carbocycles. The highest BCUT2D eigenvalue weighted by Gasteiger charge is 2.02. The van der Waals surface area contributed by atoms with Gasteiger partial charge in [-0.25, -0.2) is 0 Å². The van der Waals surface area contributed by atoms with Crippen molar-refractivity contribution in [2.75, 3.05) is 14.1 Å². The van der Waals surface area contributed by atoms with Crippen molar-refractivity contribution in [3.63, 3.8) is 0 Å². The van der Waals surface area contributed by atoms with Crippen LogP contribution in [0.3, 0.4) is 0 Å². The molecule has 3 nitrogen and oxygen atoms in total. The molecule has 0 fully saturated rings. The van der Waals surface area contributed by atoms with Gasteiger partial charge in [-0.3, -0.25) is 9.59 Å². The fraction of sp³-hybridized carbons (Fsp3) is 0.529. The highest BCUT2D eigenvalue weighted by Crippen LogP contribution is 2.11. The van der Waals surface area contributed by atoms with Crippen molar-refractivity contribution in [1.29, 1.82) is 0 Å². The van der Waals surface area contributed by atoms with Gasteiger partial charge in [0.1, 0.15) is 6.29 Å². The molecule has 0 aromatic heterocycles. The van der Waals surface area contributed by atoms with E-state index in [-0.39, 0.29) is 5.91 Å². The van der Waals surface area contributed by atoms with E-state index in [2.05, 4.69) is 6.07 Å². The van der Waals surface area contributed by atoms with E-state index in [0.29, 0.717) is 6.42 Å². The summed E-state index contributed by atoms with van der Waals surface area (Å²) >= 11 is 0. The first-order valence-corrected chi connectivity index (χ1v) is 7.38. The van der Waals surface area contributed by atoms with E-state index in [1.165, 1.54) is 18.4 Å². The topological polar surface area (TPSA) is 37.4 Å². The van der Waals surface area contributed by atoms with E-state index < -0.39 is 0 Å². The van der Waals surface area contributed by atoms with Crippen LogP contribution in [0.5, 0.6) is 0 Å². The molecule has 0 aliphatic heterocycles. The normalized spacial score (nSPS) is 10.3. The number of aryl methyl sites for hydroxylation is 1. The number of rotatable bonds is 9. The molecule has 1 aromatic rings. The molecule has 3 heteroatoms. The number of carbonyl (C=O) groups excluding carboxylic acids is 2. The fourth-order valence-electron chi connectivity index (χ4n) is 2.18. The quantitative estimate of drug-likeness (QED) is 0.511. The molecule has 1 aromatic carbocycles. The second-order valence-corrected chi connectivity index (χ2v) is 5.42. The molecule has 0 spiro atoms. The molecule has 0 radical (unpaired) electrons. The highest BCUT2D eigenvalue weighted by molar-refractivity contribution is 5.75. The highest BCUT2D eigenvalue weighted by atomic mass is 16.2. The summed E-state index contributed by atoms with van der Waals surface area (Å²) in [6, 6.07) is 7.80. The molecule has 0 unspecified atom stereocenters. The monoisotopic (exact) mass is 275 g/mol. The number of nitrogens with zero attached hydrogens (tertiary/aromatic N) is 1. The van der Waals surface area contributed by atoms with Gasteiger partial charge >= 0.3 is 0 Å². The van der Waals surface area contributed by atoms with Crippen molar-refractivity contribution in [3.05, 3.63) is 35.4 Å². The number of benzene rings is 1. The molecular weight excluding hydrogens is 250 g/mol. The molecule has 1 rings (SSSR count). The number of hydrogen-bond acceptors (Lipinski definition) is 2. The summed E-state index contributed by atoms with van der Waals surface area (Å²) in [7, 11) is 3.60. The van der Waals surface area contributed by atoms with Gasteiger partial charge in [-0.2, -0.15) is 0 Å². The predicted octanol–water partition coefficient (Wildman–Crippen LogP) is 3.47. The Morgan fingerprint density at radius 2 is 1.80 bits per heavy atom. The zero-order chi connectivity index (χ0) is 14.8. The Morgan fingerprint density at radius 1 is 1.10 bits per heavy atom. The van der Waals surface area contributed by atoms with Crippen molar-refractivity contribution in [3.8, 4) is 0 Å². The van der Waals surface area contributed by atoms with Crippen molar-refractivity contribution < 1.29 is 9.59 Å². The van der Waals surface area contributed by atoms with Gasteiger partial charge in [0.25, 0.3) is 0 Å². The van der Waals surface area contributed by atoms with E-state index in [1.54, 1.807) is 19.0 Å². The number of unbranched alkanes of at least 4 members (excludes halogenated alkanes) is 4. The molecule has 1 amide bonds. The Bertz CT molecular complexity index is 427. The SMILES string of the molecule is CN(C)C(=O)CCCCCCCc1cccc(C=O)c1. The van der Waals surface area contributed by atoms with Gasteiger partial charge in [-0.15, -0.1) is 0 Å². The van der Waals surface area contributed by atoms with Crippen LogP contribution in [0.2, 0.25) is 0 Å². The lowest BCUT2D eigenvalue weighted by molar-refractivity contribution is -0.128. The van der Waals surface area contributed by atoms with Crippen molar-refractivity contribution in [2.45, 2.75) is 44.9 Å². The van der Waals surface area contributed by atoms with Gasteiger partial charge in [-0.05, 0) is 30.9 Å². The van der Waals surface area contributed by atoms with E-state index in [4.69, 9.17) is 0 Å². The lowest BCUT2D eigenvalue weighted by atomic mass is 10.0. The van der Waals surface area contributed by atoms with Gasteiger partial charge < -0.3 is 4.90 Å². The first-order valence-electron chi connectivity index (χ1n) is 7.38. The zero-order valence-electron chi connectivity index (χ0n) is 12.6.